The van der Waals surface area contributed by atoms with E-state index >= 15 is 0 Å². The zero-order chi connectivity index (χ0) is 16.8. The van der Waals surface area contributed by atoms with Crippen molar-refractivity contribution in [3.05, 3.63) is 80.7 Å². The third-order valence-corrected chi connectivity index (χ3v) is 4.44. The lowest BCUT2D eigenvalue weighted by Gasteiger charge is -2.08. The second-order valence-electron chi connectivity index (χ2n) is 5.11. The smallest absolute Gasteiger partial charge is 0.251 e. The molecule has 0 fully saturated rings. The van der Waals surface area contributed by atoms with Crippen LogP contribution in [0.15, 0.2) is 63.9 Å². The molecule has 3 aromatic rings. The van der Waals surface area contributed by atoms with Gasteiger partial charge in [-0.1, -0.05) is 34.1 Å². The van der Waals surface area contributed by atoms with Crippen LogP contribution in [0.1, 0.15) is 21.6 Å². The highest BCUT2D eigenvalue weighted by Gasteiger charge is 2.07. The van der Waals surface area contributed by atoms with Crippen molar-refractivity contribution in [3.63, 3.8) is 0 Å². The molecule has 0 aliphatic heterocycles. The third kappa shape index (κ3) is 4.66. The number of hydrogen-bond donors (Lipinski definition) is 1. The van der Waals surface area contributed by atoms with E-state index in [1.807, 2.05) is 41.8 Å². The van der Waals surface area contributed by atoms with E-state index in [9.17, 15) is 4.79 Å². The average Bonchev–Trinajstić information content (AvgIpc) is 3.12. The van der Waals surface area contributed by atoms with Gasteiger partial charge in [0.15, 0.2) is 0 Å². The van der Waals surface area contributed by atoms with Crippen LogP contribution in [0, 0.1) is 0 Å². The van der Waals surface area contributed by atoms with Crippen molar-refractivity contribution in [1.29, 1.82) is 0 Å². The molecule has 2 aromatic carbocycles. The third-order valence-electron chi connectivity index (χ3n) is 3.31. The molecule has 0 saturated heterocycles. The van der Waals surface area contributed by atoms with E-state index in [0.717, 1.165) is 15.7 Å². The van der Waals surface area contributed by atoms with Crippen molar-refractivity contribution >= 4 is 33.2 Å². The van der Waals surface area contributed by atoms with Crippen LogP contribution >= 0.6 is 27.3 Å². The van der Waals surface area contributed by atoms with Gasteiger partial charge >= 0.3 is 0 Å². The summed E-state index contributed by atoms with van der Waals surface area (Å²) < 4.78 is 6.67. The molecule has 122 valence electrons. The molecule has 3 rings (SSSR count). The monoisotopic (exact) mass is 402 g/mol. The summed E-state index contributed by atoms with van der Waals surface area (Å²) in [5.41, 5.74) is 4.25. The highest BCUT2D eigenvalue weighted by molar-refractivity contribution is 9.10. The van der Waals surface area contributed by atoms with E-state index in [4.69, 9.17) is 4.74 Å². The quantitative estimate of drug-likeness (QED) is 0.663. The van der Waals surface area contributed by atoms with Gasteiger partial charge in [-0.15, -0.1) is 11.3 Å². The molecule has 0 saturated carbocycles. The first-order chi connectivity index (χ1) is 11.7. The molecule has 0 aliphatic carbocycles. The molecule has 24 heavy (non-hydrogen) atoms. The molecule has 0 atom stereocenters. The van der Waals surface area contributed by atoms with Crippen LogP contribution in [0.3, 0.4) is 0 Å². The van der Waals surface area contributed by atoms with Crippen LogP contribution in [0.5, 0.6) is 5.75 Å². The van der Waals surface area contributed by atoms with Crippen molar-refractivity contribution < 1.29 is 9.53 Å². The van der Waals surface area contributed by atoms with E-state index in [1.54, 1.807) is 17.6 Å². The topological polar surface area (TPSA) is 51.2 Å². The fourth-order valence-corrected chi connectivity index (χ4v) is 3.11. The van der Waals surface area contributed by atoms with Gasteiger partial charge in [0.2, 0.25) is 0 Å². The minimum atomic E-state index is -0.130. The number of hydrogen-bond acceptors (Lipinski definition) is 4. The van der Waals surface area contributed by atoms with Crippen molar-refractivity contribution in [2.45, 2.75) is 13.2 Å². The number of carbonyl (C=O) groups is 1. The fraction of sp³-hybridized carbons (Fsp3) is 0.111. The first kappa shape index (κ1) is 16.7. The van der Waals surface area contributed by atoms with Gasteiger partial charge in [0.1, 0.15) is 12.4 Å². The zero-order valence-electron chi connectivity index (χ0n) is 12.7. The molecule has 4 nitrogen and oxygen atoms in total. The molecule has 0 bridgehead atoms. The Morgan fingerprint density at radius 2 is 2.08 bits per heavy atom. The summed E-state index contributed by atoms with van der Waals surface area (Å²) in [4.78, 5) is 16.5. The van der Waals surface area contributed by atoms with Gasteiger partial charge < -0.3 is 10.1 Å². The first-order valence-electron chi connectivity index (χ1n) is 7.33. The highest BCUT2D eigenvalue weighted by Crippen LogP contribution is 2.16. The van der Waals surface area contributed by atoms with Crippen LogP contribution in [-0.2, 0) is 13.2 Å². The predicted molar refractivity (Wildman–Crippen MR) is 98.2 cm³/mol. The van der Waals surface area contributed by atoms with Crippen molar-refractivity contribution in [3.8, 4) is 5.75 Å². The number of amides is 1. The van der Waals surface area contributed by atoms with Crippen LogP contribution in [0.25, 0.3) is 0 Å². The van der Waals surface area contributed by atoms with Crippen LogP contribution in [0.4, 0.5) is 0 Å². The maximum absolute atomic E-state index is 12.3. The number of halogens is 1. The largest absolute Gasteiger partial charge is 0.487 e. The highest BCUT2D eigenvalue weighted by atomic mass is 79.9. The molecule has 1 aromatic heterocycles. The van der Waals surface area contributed by atoms with E-state index < -0.39 is 0 Å². The molecule has 1 amide bonds. The van der Waals surface area contributed by atoms with Crippen LogP contribution < -0.4 is 10.1 Å². The van der Waals surface area contributed by atoms with Crippen LogP contribution in [0.2, 0.25) is 0 Å². The summed E-state index contributed by atoms with van der Waals surface area (Å²) in [5.74, 6) is 0.521. The summed E-state index contributed by atoms with van der Waals surface area (Å²) >= 11 is 4.95. The Hall–Kier alpha value is -2.18. The van der Waals surface area contributed by atoms with Crippen LogP contribution in [-0.4, -0.2) is 10.9 Å². The van der Waals surface area contributed by atoms with Crippen molar-refractivity contribution in [1.82, 2.24) is 10.3 Å². The van der Waals surface area contributed by atoms with Gasteiger partial charge in [-0.05, 0) is 35.9 Å². The average molecular weight is 403 g/mol. The number of nitrogens with zero attached hydrogens (tertiary/aromatic N) is 1. The molecular weight excluding hydrogens is 388 g/mol. The molecule has 0 aliphatic rings. The molecule has 1 heterocycles. The predicted octanol–water partition coefficient (Wildman–Crippen LogP) is 4.41. The van der Waals surface area contributed by atoms with Gasteiger partial charge in [-0.3, -0.25) is 4.79 Å². The second-order valence-corrected chi connectivity index (χ2v) is 6.74. The lowest BCUT2D eigenvalue weighted by molar-refractivity contribution is 0.0950. The number of benzene rings is 2. The standard InChI is InChI=1S/C18H15BrN2O2S/c19-15-5-1-3-13(7-15)9-20-18(22)14-4-2-6-17(8-14)23-10-16-11-24-12-21-16/h1-8,11-12H,9-10H2,(H,20,22). The lowest BCUT2D eigenvalue weighted by Crippen LogP contribution is -2.22. The Labute approximate surface area is 152 Å². The number of thiazole rings is 1. The normalized spacial score (nSPS) is 10.4. The Kier molecular flexibility index (Phi) is 5.61. The van der Waals surface area contributed by atoms with E-state index in [2.05, 4.69) is 26.2 Å². The Balaban J connectivity index is 1.59. The van der Waals surface area contributed by atoms with Crippen molar-refractivity contribution in [2.75, 3.05) is 0 Å². The summed E-state index contributed by atoms with van der Waals surface area (Å²) in [6, 6.07) is 15.0. The van der Waals surface area contributed by atoms with Gasteiger partial charge in [-0.25, -0.2) is 4.98 Å². The number of ether oxygens (including phenoxy) is 1. The number of aromatic nitrogens is 1. The molecule has 6 heteroatoms. The Morgan fingerprint density at radius 3 is 2.88 bits per heavy atom. The molecule has 1 N–H and O–H groups in total. The van der Waals surface area contributed by atoms with E-state index in [0.29, 0.717) is 24.5 Å². The summed E-state index contributed by atoms with van der Waals surface area (Å²) in [6.45, 7) is 0.870. The molecule has 0 radical (unpaired) electrons. The van der Waals surface area contributed by atoms with E-state index in [1.165, 1.54) is 11.3 Å². The zero-order valence-corrected chi connectivity index (χ0v) is 15.1. The Bertz CT molecular complexity index is 821. The Morgan fingerprint density at radius 1 is 1.21 bits per heavy atom. The van der Waals surface area contributed by atoms with Crippen molar-refractivity contribution in [2.24, 2.45) is 0 Å². The summed E-state index contributed by atoms with van der Waals surface area (Å²) in [5, 5.41) is 4.85. The van der Waals surface area contributed by atoms with Gasteiger partial charge in [0, 0.05) is 22.0 Å². The molecular formula is C18H15BrN2O2S. The minimum Gasteiger partial charge on any atom is -0.487 e. The maximum atomic E-state index is 12.3. The van der Waals surface area contributed by atoms with Gasteiger partial charge in [0.25, 0.3) is 5.91 Å². The number of rotatable bonds is 6. The molecule has 0 spiro atoms. The lowest BCUT2D eigenvalue weighted by atomic mass is 10.2. The minimum absolute atomic E-state index is 0.130. The van der Waals surface area contributed by atoms with E-state index in [-0.39, 0.29) is 5.91 Å². The summed E-state index contributed by atoms with van der Waals surface area (Å²) in [7, 11) is 0. The first-order valence-corrected chi connectivity index (χ1v) is 9.07. The SMILES string of the molecule is O=C(NCc1cccc(Br)c1)c1cccc(OCc2cscn2)c1. The van der Waals surface area contributed by atoms with Gasteiger partial charge in [-0.2, -0.15) is 0 Å². The van der Waals surface area contributed by atoms with Gasteiger partial charge in [0.05, 0.1) is 11.2 Å². The number of carbonyl (C=O) groups excluding carboxylic acids is 1. The molecule has 0 unspecified atom stereocenters. The second kappa shape index (κ2) is 8.08. The maximum Gasteiger partial charge on any atom is 0.251 e. The number of nitrogens with one attached hydrogen (secondary N) is 1. The fourth-order valence-electron chi connectivity index (χ4n) is 2.12. The summed E-state index contributed by atoms with van der Waals surface area (Å²) in [6.07, 6.45) is 0.